The van der Waals surface area contributed by atoms with Gasteiger partial charge in [0.15, 0.2) is 10.9 Å². The van der Waals surface area contributed by atoms with Gasteiger partial charge in [-0.15, -0.1) is 11.3 Å². The molecule has 2 aromatic rings. The molecule has 0 bridgehead atoms. The maximum absolute atomic E-state index is 12.6. The van der Waals surface area contributed by atoms with Gasteiger partial charge in [0.2, 0.25) is 11.8 Å². The summed E-state index contributed by atoms with van der Waals surface area (Å²) in [4.78, 5) is 42.8. The predicted molar refractivity (Wildman–Crippen MR) is 103 cm³/mol. The minimum Gasteiger partial charge on any atom is -0.467 e. The standard InChI is InChI=1S/C19H20N4O4S/c1-12-2-3-14-13(10-12)17(26)22-19(27-14)5-4-16(25)23(8-6-19)11-15(24)21-18-20-7-9-28-18/h2-3,7,9-10H,4-6,8,11H2,1H3,(H,22,26)(H,20,21,24)/t19-/m1/s1. The summed E-state index contributed by atoms with van der Waals surface area (Å²) in [6.07, 6.45) is 2.55. The number of rotatable bonds is 3. The first-order valence-corrected chi connectivity index (χ1v) is 9.91. The largest absolute Gasteiger partial charge is 0.467 e. The Kier molecular flexibility index (Phi) is 4.76. The number of carbonyl (C=O) groups is 3. The molecule has 1 aromatic heterocycles. The summed E-state index contributed by atoms with van der Waals surface area (Å²) in [5.41, 5.74) is 0.540. The number of hydrogen-bond donors (Lipinski definition) is 2. The van der Waals surface area contributed by atoms with Crippen molar-refractivity contribution in [2.45, 2.75) is 31.9 Å². The third-order valence-corrected chi connectivity index (χ3v) is 5.61. The second-order valence-electron chi connectivity index (χ2n) is 7.00. The lowest BCUT2D eigenvalue weighted by Crippen LogP contribution is -2.56. The van der Waals surface area contributed by atoms with E-state index in [1.54, 1.807) is 23.7 Å². The zero-order chi connectivity index (χ0) is 19.7. The van der Waals surface area contributed by atoms with Crippen molar-refractivity contribution in [1.29, 1.82) is 0 Å². The van der Waals surface area contributed by atoms with Gasteiger partial charge in [0.1, 0.15) is 5.75 Å². The van der Waals surface area contributed by atoms with Crippen molar-refractivity contribution < 1.29 is 19.1 Å². The fourth-order valence-electron chi connectivity index (χ4n) is 3.46. The number of anilines is 1. The van der Waals surface area contributed by atoms with Crippen LogP contribution in [0, 0.1) is 6.92 Å². The minimum atomic E-state index is -0.935. The molecule has 4 rings (SSSR count). The summed E-state index contributed by atoms with van der Waals surface area (Å²) in [6.45, 7) is 2.17. The van der Waals surface area contributed by atoms with Crippen LogP contribution in [0.1, 0.15) is 35.2 Å². The highest BCUT2D eigenvalue weighted by molar-refractivity contribution is 7.13. The lowest BCUT2D eigenvalue weighted by molar-refractivity contribution is -0.134. The smallest absolute Gasteiger partial charge is 0.258 e. The lowest BCUT2D eigenvalue weighted by Gasteiger charge is -2.38. The van der Waals surface area contributed by atoms with Crippen LogP contribution in [0.3, 0.4) is 0 Å². The van der Waals surface area contributed by atoms with Gasteiger partial charge in [-0.05, 0) is 19.1 Å². The Labute approximate surface area is 165 Å². The molecule has 1 aromatic carbocycles. The molecule has 1 saturated heterocycles. The molecule has 1 fully saturated rings. The van der Waals surface area contributed by atoms with Crippen LogP contribution >= 0.6 is 11.3 Å². The fraction of sp³-hybridized carbons (Fsp3) is 0.368. The van der Waals surface area contributed by atoms with E-state index in [1.165, 1.54) is 16.2 Å². The van der Waals surface area contributed by atoms with Gasteiger partial charge in [-0.1, -0.05) is 11.6 Å². The highest BCUT2D eigenvalue weighted by atomic mass is 32.1. The number of aromatic nitrogens is 1. The number of likely N-dealkylation sites (tertiary alicyclic amines) is 1. The van der Waals surface area contributed by atoms with Crippen LogP contribution in [-0.2, 0) is 9.59 Å². The quantitative estimate of drug-likeness (QED) is 0.820. The molecule has 9 heteroatoms. The van der Waals surface area contributed by atoms with Crippen LogP contribution < -0.4 is 15.4 Å². The number of nitrogens with one attached hydrogen (secondary N) is 2. The van der Waals surface area contributed by atoms with Crippen LogP contribution in [0.15, 0.2) is 29.8 Å². The summed E-state index contributed by atoms with van der Waals surface area (Å²) in [5, 5.41) is 7.88. The van der Waals surface area contributed by atoms with Crippen molar-refractivity contribution in [3.05, 3.63) is 40.9 Å². The number of benzene rings is 1. The van der Waals surface area contributed by atoms with E-state index >= 15 is 0 Å². The maximum atomic E-state index is 12.6. The van der Waals surface area contributed by atoms with Crippen molar-refractivity contribution in [1.82, 2.24) is 15.2 Å². The van der Waals surface area contributed by atoms with Crippen LogP contribution in [-0.4, -0.2) is 46.4 Å². The highest BCUT2D eigenvalue weighted by Gasteiger charge is 2.42. The SMILES string of the molecule is Cc1ccc2c(c1)C(=O)N[C@]1(CCC(=O)N(CC(=O)Nc3nccs3)CC1)O2. The van der Waals surface area contributed by atoms with Gasteiger partial charge in [-0.2, -0.15) is 0 Å². The molecule has 0 aliphatic carbocycles. The van der Waals surface area contributed by atoms with Gasteiger partial charge in [-0.3, -0.25) is 14.4 Å². The van der Waals surface area contributed by atoms with Gasteiger partial charge in [0.05, 0.1) is 12.1 Å². The molecule has 1 atom stereocenters. The lowest BCUT2D eigenvalue weighted by atomic mass is 9.99. The van der Waals surface area contributed by atoms with Gasteiger partial charge in [0.25, 0.3) is 5.91 Å². The van der Waals surface area contributed by atoms with Gasteiger partial charge < -0.3 is 20.3 Å². The highest BCUT2D eigenvalue weighted by Crippen LogP contribution is 2.34. The third kappa shape index (κ3) is 3.70. The van der Waals surface area contributed by atoms with Gasteiger partial charge in [0, 0.05) is 37.4 Å². The summed E-state index contributed by atoms with van der Waals surface area (Å²) in [7, 11) is 0. The molecule has 8 nitrogen and oxygen atoms in total. The molecular formula is C19H20N4O4S. The number of thiazole rings is 1. The number of carbonyl (C=O) groups excluding carboxylic acids is 3. The minimum absolute atomic E-state index is 0.0573. The first-order valence-electron chi connectivity index (χ1n) is 9.03. The Hall–Kier alpha value is -2.94. The monoisotopic (exact) mass is 400 g/mol. The molecule has 0 radical (unpaired) electrons. The van der Waals surface area contributed by atoms with E-state index in [-0.39, 0.29) is 30.7 Å². The molecule has 2 N–H and O–H groups in total. The molecule has 3 amide bonds. The van der Waals surface area contributed by atoms with E-state index in [2.05, 4.69) is 15.6 Å². The Morgan fingerprint density at radius 2 is 2.25 bits per heavy atom. The van der Waals surface area contributed by atoms with Crippen LogP contribution in [0.2, 0.25) is 0 Å². The molecule has 3 heterocycles. The summed E-state index contributed by atoms with van der Waals surface area (Å²) < 4.78 is 6.13. The number of ether oxygens (including phenoxy) is 1. The Morgan fingerprint density at radius 1 is 1.39 bits per heavy atom. The number of aryl methyl sites for hydroxylation is 1. The van der Waals surface area contributed by atoms with Crippen molar-refractivity contribution in [2.75, 3.05) is 18.4 Å². The molecule has 146 valence electrons. The second kappa shape index (κ2) is 7.23. The first kappa shape index (κ1) is 18.4. The zero-order valence-corrected chi connectivity index (χ0v) is 16.2. The van der Waals surface area contributed by atoms with Crippen molar-refractivity contribution in [2.24, 2.45) is 0 Å². The molecule has 0 unspecified atom stereocenters. The maximum Gasteiger partial charge on any atom is 0.258 e. The summed E-state index contributed by atoms with van der Waals surface area (Å²) >= 11 is 1.32. The van der Waals surface area contributed by atoms with E-state index in [0.717, 1.165) is 5.56 Å². The summed E-state index contributed by atoms with van der Waals surface area (Å²) in [5.74, 6) is -0.114. The molecular weight excluding hydrogens is 380 g/mol. The predicted octanol–water partition coefficient (Wildman–Crippen LogP) is 1.92. The average Bonchev–Trinajstić information content (AvgIpc) is 3.12. The Balaban J connectivity index is 1.45. The molecule has 1 spiro atoms. The normalized spacial score (nSPS) is 21.5. The topological polar surface area (TPSA) is 101 Å². The number of hydrogen-bond acceptors (Lipinski definition) is 6. The fourth-order valence-corrected chi connectivity index (χ4v) is 4.01. The van der Waals surface area contributed by atoms with E-state index in [9.17, 15) is 14.4 Å². The third-order valence-electron chi connectivity index (χ3n) is 4.92. The Bertz CT molecular complexity index is 930. The van der Waals surface area contributed by atoms with Crippen LogP contribution in [0.4, 0.5) is 5.13 Å². The van der Waals surface area contributed by atoms with Crippen molar-refractivity contribution in [3.8, 4) is 5.75 Å². The second-order valence-corrected chi connectivity index (χ2v) is 7.90. The number of fused-ring (bicyclic) bond motifs is 1. The first-order chi connectivity index (χ1) is 13.4. The molecule has 28 heavy (non-hydrogen) atoms. The molecule has 2 aliphatic heterocycles. The molecule has 0 saturated carbocycles. The summed E-state index contributed by atoms with van der Waals surface area (Å²) in [6, 6.07) is 5.47. The van der Waals surface area contributed by atoms with Crippen LogP contribution in [0.5, 0.6) is 5.75 Å². The zero-order valence-electron chi connectivity index (χ0n) is 15.4. The average molecular weight is 400 g/mol. The van der Waals surface area contributed by atoms with Gasteiger partial charge >= 0.3 is 0 Å². The van der Waals surface area contributed by atoms with Gasteiger partial charge in [-0.25, -0.2) is 4.98 Å². The van der Waals surface area contributed by atoms with Crippen molar-refractivity contribution in [3.63, 3.8) is 0 Å². The molecule has 2 aliphatic rings. The van der Waals surface area contributed by atoms with E-state index < -0.39 is 5.72 Å². The Morgan fingerprint density at radius 3 is 3.04 bits per heavy atom. The van der Waals surface area contributed by atoms with E-state index in [1.807, 2.05) is 13.0 Å². The van der Waals surface area contributed by atoms with E-state index in [0.29, 0.717) is 35.8 Å². The van der Waals surface area contributed by atoms with Crippen molar-refractivity contribution >= 4 is 34.2 Å². The van der Waals surface area contributed by atoms with Crippen LogP contribution in [0.25, 0.3) is 0 Å². The number of nitrogens with zero attached hydrogens (tertiary/aromatic N) is 2. The number of amides is 3. The van der Waals surface area contributed by atoms with E-state index in [4.69, 9.17) is 4.74 Å².